The Bertz CT molecular complexity index is 3080. The topological polar surface area (TPSA) is 48.0 Å². The van der Waals surface area contributed by atoms with Crippen molar-refractivity contribution in [1.29, 1.82) is 0 Å². The van der Waals surface area contributed by atoms with Gasteiger partial charge in [-0.2, -0.15) is 0 Å². The number of hydrogen-bond acceptors (Lipinski definition) is 4. The summed E-state index contributed by atoms with van der Waals surface area (Å²) in [5, 5.41) is 6.81. The molecule has 0 N–H and O–H groups in total. The molecule has 0 spiro atoms. The summed E-state index contributed by atoms with van der Waals surface area (Å²) in [6, 6.07) is 53.7. The van der Waals surface area contributed by atoms with Crippen LogP contribution in [0.1, 0.15) is 0 Å². The maximum absolute atomic E-state index is 5.39. The first-order valence-electron chi connectivity index (χ1n) is 16.4. The lowest BCUT2D eigenvalue weighted by Gasteiger charge is -2.15. The Kier molecular flexibility index (Phi) is 5.48. The van der Waals surface area contributed by atoms with Crippen molar-refractivity contribution in [3.8, 4) is 27.6 Å². The van der Waals surface area contributed by atoms with E-state index in [2.05, 4.69) is 142 Å². The third kappa shape index (κ3) is 3.83. The number of rotatable bonds is 3. The Morgan fingerprint density at radius 1 is 0.449 bits per heavy atom. The van der Waals surface area contributed by atoms with Crippen molar-refractivity contribution in [3.05, 3.63) is 152 Å². The average molecular weight is 644 g/mol. The minimum Gasteiger partial charge on any atom is -0.278 e. The van der Waals surface area contributed by atoms with Gasteiger partial charge in [0.1, 0.15) is 10.7 Å². The van der Waals surface area contributed by atoms with Crippen LogP contribution in [0.2, 0.25) is 0 Å². The van der Waals surface area contributed by atoms with Crippen LogP contribution < -0.4 is 0 Å². The highest BCUT2D eigenvalue weighted by Crippen LogP contribution is 2.42. The van der Waals surface area contributed by atoms with Crippen LogP contribution in [0.4, 0.5) is 0 Å². The number of aromatic nitrogens is 5. The summed E-state index contributed by atoms with van der Waals surface area (Å²) in [5.74, 6) is 0.826. The second kappa shape index (κ2) is 10.1. The number of thiazole rings is 1. The Morgan fingerprint density at radius 3 is 1.90 bits per heavy atom. The van der Waals surface area contributed by atoms with Gasteiger partial charge in [0.25, 0.3) is 0 Å². The molecular formula is C43H25N5S. The summed E-state index contributed by atoms with van der Waals surface area (Å²) in [6.07, 6.45) is 0. The monoisotopic (exact) mass is 643 g/mol. The number of hydrogen-bond donors (Lipinski definition) is 0. The molecule has 11 aromatic rings. The predicted molar refractivity (Wildman–Crippen MR) is 204 cm³/mol. The van der Waals surface area contributed by atoms with Gasteiger partial charge in [-0.05, 0) is 65.0 Å². The zero-order valence-electron chi connectivity index (χ0n) is 26.1. The van der Waals surface area contributed by atoms with Crippen LogP contribution in [0, 0.1) is 0 Å². The van der Waals surface area contributed by atoms with Gasteiger partial charge in [0, 0.05) is 27.1 Å². The van der Waals surface area contributed by atoms with Crippen molar-refractivity contribution in [2.45, 2.75) is 0 Å². The fourth-order valence-corrected chi connectivity index (χ4v) is 8.51. The van der Waals surface area contributed by atoms with E-state index in [0.29, 0.717) is 0 Å². The molecule has 0 fully saturated rings. The molecular weight excluding hydrogens is 619 g/mol. The SMILES string of the molecule is c1ccc2sc(-c3ccc(-c4cc5c6ccccc6n(-c6nc7ccccc7c7nc8ccccc8n67)c5c5ccccc45)cc3)nc2c1. The van der Waals surface area contributed by atoms with Gasteiger partial charge in [-0.3, -0.25) is 8.97 Å². The number of imidazole rings is 1. The molecule has 0 saturated carbocycles. The normalized spacial score (nSPS) is 12.1. The van der Waals surface area contributed by atoms with Crippen LogP contribution in [0.5, 0.6) is 0 Å². The zero-order chi connectivity index (χ0) is 32.1. The molecule has 0 unspecified atom stereocenters. The second-order valence-corrected chi connectivity index (χ2v) is 13.5. The standard InChI is InChI=1S/C43H25N5S/c1-2-13-30-28(11-1)32(26-21-23-27(24-22-26)42-45-36-17-7-10-20-39(36)49-42)25-33-29-12-4-8-18-37(29)47(40(30)33)43-46-34-15-5-3-14-31(34)41-44-35-16-6-9-19-38(35)48(41)43/h1-25H. The van der Waals surface area contributed by atoms with E-state index in [0.717, 1.165) is 60.7 Å². The molecule has 0 amide bonds. The van der Waals surface area contributed by atoms with E-state index in [9.17, 15) is 0 Å². The van der Waals surface area contributed by atoms with E-state index in [1.54, 1.807) is 11.3 Å². The lowest BCUT2D eigenvalue weighted by Crippen LogP contribution is -2.06. The van der Waals surface area contributed by atoms with E-state index in [-0.39, 0.29) is 0 Å². The quantitative estimate of drug-likeness (QED) is 0.192. The molecule has 0 aliphatic rings. The van der Waals surface area contributed by atoms with Crippen LogP contribution in [0.15, 0.2) is 152 Å². The minimum absolute atomic E-state index is 0.826. The first-order chi connectivity index (χ1) is 24.3. The molecule has 4 heterocycles. The van der Waals surface area contributed by atoms with Crippen molar-refractivity contribution in [3.63, 3.8) is 0 Å². The summed E-state index contributed by atoms with van der Waals surface area (Å²) >= 11 is 1.73. The van der Waals surface area contributed by atoms with Crippen LogP contribution in [0.3, 0.4) is 0 Å². The zero-order valence-corrected chi connectivity index (χ0v) is 26.9. The van der Waals surface area contributed by atoms with E-state index in [1.807, 2.05) is 18.2 Å². The summed E-state index contributed by atoms with van der Waals surface area (Å²) in [4.78, 5) is 15.4. The third-order valence-corrected chi connectivity index (χ3v) is 10.8. The minimum atomic E-state index is 0.826. The molecule has 228 valence electrons. The summed E-state index contributed by atoms with van der Waals surface area (Å²) in [7, 11) is 0. The molecule has 0 atom stereocenters. The number of fused-ring (bicyclic) bond motifs is 11. The molecule has 0 aliphatic carbocycles. The first-order valence-corrected chi connectivity index (χ1v) is 17.2. The predicted octanol–water partition coefficient (Wildman–Crippen LogP) is 11.2. The third-order valence-electron chi connectivity index (χ3n) is 9.74. The highest BCUT2D eigenvalue weighted by Gasteiger charge is 2.22. The van der Waals surface area contributed by atoms with Gasteiger partial charge in [-0.1, -0.05) is 103 Å². The van der Waals surface area contributed by atoms with Crippen molar-refractivity contribution >= 4 is 81.7 Å². The van der Waals surface area contributed by atoms with Crippen molar-refractivity contribution in [1.82, 2.24) is 23.9 Å². The Balaban J connectivity index is 1.21. The lowest BCUT2D eigenvalue weighted by atomic mass is 9.94. The fraction of sp³-hybridized carbons (Fsp3) is 0. The molecule has 0 radical (unpaired) electrons. The molecule has 5 nitrogen and oxygen atoms in total. The van der Waals surface area contributed by atoms with Crippen LogP contribution in [0.25, 0.3) is 98.0 Å². The second-order valence-electron chi connectivity index (χ2n) is 12.5. The van der Waals surface area contributed by atoms with Gasteiger partial charge in [-0.25, -0.2) is 15.0 Å². The largest absolute Gasteiger partial charge is 0.278 e. The number of nitrogens with zero attached hydrogens (tertiary/aromatic N) is 5. The fourth-order valence-electron chi connectivity index (χ4n) is 7.53. The van der Waals surface area contributed by atoms with Gasteiger partial charge in [0.05, 0.1) is 37.8 Å². The number of para-hydroxylation sites is 5. The maximum atomic E-state index is 5.39. The molecule has 49 heavy (non-hydrogen) atoms. The molecule has 0 aliphatic heterocycles. The van der Waals surface area contributed by atoms with Gasteiger partial charge in [0.2, 0.25) is 5.95 Å². The highest BCUT2D eigenvalue weighted by molar-refractivity contribution is 7.21. The Morgan fingerprint density at radius 2 is 1.08 bits per heavy atom. The van der Waals surface area contributed by atoms with E-state index >= 15 is 0 Å². The van der Waals surface area contributed by atoms with Crippen molar-refractivity contribution in [2.75, 3.05) is 0 Å². The van der Waals surface area contributed by atoms with Crippen LogP contribution in [-0.4, -0.2) is 23.9 Å². The maximum Gasteiger partial charge on any atom is 0.221 e. The molecule has 6 heteroatoms. The number of benzene rings is 7. The van der Waals surface area contributed by atoms with Crippen molar-refractivity contribution in [2.24, 2.45) is 0 Å². The Hall–Kier alpha value is -6.37. The summed E-state index contributed by atoms with van der Waals surface area (Å²) in [6.45, 7) is 0. The molecule has 0 bridgehead atoms. The highest BCUT2D eigenvalue weighted by atomic mass is 32.1. The van der Waals surface area contributed by atoms with Gasteiger partial charge < -0.3 is 0 Å². The van der Waals surface area contributed by atoms with Gasteiger partial charge in [-0.15, -0.1) is 11.3 Å². The van der Waals surface area contributed by atoms with Gasteiger partial charge in [0.15, 0.2) is 0 Å². The van der Waals surface area contributed by atoms with Crippen molar-refractivity contribution < 1.29 is 0 Å². The molecule has 7 aromatic carbocycles. The molecule has 0 saturated heterocycles. The van der Waals surface area contributed by atoms with E-state index in [1.165, 1.54) is 37.4 Å². The van der Waals surface area contributed by atoms with E-state index in [4.69, 9.17) is 15.0 Å². The first kappa shape index (κ1) is 26.7. The van der Waals surface area contributed by atoms with Crippen LogP contribution >= 0.6 is 11.3 Å². The van der Waals surface area contributed by atoms with E-state index < -0.39 is 0 Å². The summed E-state index contributed by atoms with van der Waals surface area (Å²) in [5.41, 5.74) is 10.6. The smallest absolute Gasteiger partial charge is 0.221 e. The average Bonchev–Trinajstić information content (AvgIpc) is 3.87. The summed E-state index contributed by atoms with van der Waals surface area (Å²) < 4.78 is 5.78. The lowest BCUT2D eigenvalue weighted by molar-refractivity contribution is 0.982. The molecule has 4 aromatic heterocycles. The van der Waals surface area contributed by atoms with Crippen LogP contribution in [-0.2, 0) is 0 Å². The van der Waals surface area contributed by atoms with Gasteiger partial charge >= 0.3 is 0 Å². The Labute approximate surface area is 284 Å². The molecule has 11 rings (SSSR count).